The zero-order chi connectivity index (χ0) is 14.7. The predicted molar refractivity (Wildman–Crippen MR) is 76.7 cm³/mol. The Hall–Kier alpha value is -1.62. The number of nitrogens with one attached hydrogen (secondary N) is 1. The minimum Gasteiger partial charge on any atom is -0.392 e. The lowest BCUT2D eigenvalue weighted by atomic mass is 10.2. The highest BCUT2D eigenvalue weighted by molar-refractivity contribution is 6.37. The summed E-state index contributed by atoms with van der Waals surface area (Å²) in [5.74, 6) is -1.25. The van der Waals surface area contributed by atoms with E-state index in [1.165, 1.54) is 6.07 Å². The molecule has 0 bridgehead atoms. The molecule has 0 aliphatic rings. The van der Waals surface area contributed by atoms with Gasteiger partial charge in [-0.05, 0) is 29.8 Å². The van der Waals surface area contributed by atoms with Crippen molar-refractivity contribution in [3.05, 3.63) is 63.4 Å². The maximum absolute atomic E-state index is 13.4. The summed E-state index contributed by atoms with van der Waals surface area (Å²) in [5, 5.41) is 11.4. The third-order valence-corrected chi connectivity index (χ3v) is 3.25. The van der Waals surface area contributed by atoms with Gasteiger partial charge in [0.05, 0.1) is 22.2 Å². The van der Waals surface area contributed by atoms with Gasteiger partial charge in [-0.1, -0.05) is 35.3 Å². The van der Waals surface area contributed by atoms with E-state index in [1.807, 2.05) is 0 Å². The third kappa shape index (κ3) is 3.28. The summed E-state index contributed by atoms with van der Waals surface area (Å²) in [6.45, 7) is -0.0809. The summed E-state index contributed by atoms with van der Waals surface area (Å²) in [5.41, 5.74) is 1.23. The molecule has 2 aromatic carbocycles. The summed E-state index contributed by atoms with van der Waals surface area (Å²) in [6, 6.07) is 8.76. The molecule has 20 heavy (non-hydrogen) atoms. The van der Waals surface area contributed by atoms with Gasteiger partial charge >= 0.3 is 0 Å². The number of carbonyl (C=O) groups excluding carboxylic acids is 1. The van der Waals surface area contributed by atoms with Gasteiger partial charge in [-0.2, -0.15) is 0 Å². The summed E-state index contributed by atoms with van der Waals surface area (Å²) < 4.78 is 13.4. The highest BCUT2D eigenvalue weighted by atomic mass is 35.5. The highest BCUT2D eigenvalue weighted by Gasteiger charge is 2.14. The van der Waals surface area contributed by atoms with Gasteiger partial charge < -0.3 is 10.4 Å². The first-order chi connectivity index (χ1) is 9.51. The number of anilines is 1. The van der Waals surface area contributed by atoms with Crippen molar-refractivity contribution in [2.45, 2.75) is 6.61 Å². The predicted octanol–water partition coefficient (Wildman–Crippen LogP) is 3.88. The number of amides is 1. The van der Waals surface area contributed by atoms with Crippen molar-refractivity contribution in [1.29, 1.82) is 0 Å². The van der Waals surface area contributed by atoms with Crippen LogP contribution in [0.3, 0.4) is 0 Å². The molecule has 1 amide bonds. The molecular formula is C14H10Cl2FNO2. The standard InChI is InChI=1S/C14H10Cl2FNO2/c15-11-6-12(16)13(17)5-10(11)14(20)18-9-3-1-8(7-19)2-4-9/h1-6,19H,7H2,(H,18,20). The highest BCUT2D eigenvalue weighted by Crippen LogP contribution is 2.25. The van der Waals surface area contributed by atoms with Crippen LogP contribution in [-0.2, 0) is 6.61 Å². The average molecular weight is 314 g/mol. The Kier molecular flexibility index (Phi) is 4.60. The monoisotopic (exact) mass is 313 g/mol. The van der Waals surface area contributed by atoms with Crippen LogP contribution < -0.4 is 5.32 Å². The largest absolute Gasteiger partial charge is 0.392 e. The molecule has 3 nitrogen and oxygen atoms in total. The number of carbonyl (C=O) groups is 1. The molecule has 0 radical (unpaired) electrons. The van der Waals surface area contributed by atoms with Crippen molar-refractivity contribution in [3.8, 4) is 0 Å². The number of aliphatic hydroxyl groups is 1. The van der Waals surface area contributed by atoms with Gasteiger partial charge in [0.25, 0.3) is 5.91 Å². The average Bonchev–Trinajstić information content (AvgIpc) is 2.43. The van der Waals surface area contributed by atoms with Gasteiger partial charge in [0, 0.05) is 5.69 Å². The van der Waals surface area contributed by atoms with Crippen molar-refractivity contribution in [1.82, 2.24) is 0 Å². The normalized spacial score (nSPS) is 10.4. The van der Waals surface area contributed by atoms with Crippen LogP contribution in [0.4, 0.5) is 10.1 Å². The van der Waals surface area contributed by atoms with Gasteiger partial charge in [-0.3, -0.25) is 4.79 Å². The van der Waals surface area contributed by atoms with Crippen LogP contribution in [0.15, 0.2) is 36.4 Å². The molecule has 6 heteroatoms. The summed E-state index contributed by atoms with van der Waals surface area (Å²) >= 11 is 11.4. The molecule has 0 saturated heterocycles. The van der Waals surface area contributed by atoms with Crippen molar-refractivity contribution in [2.24, 2.45) is 0 Å². The molecule has 2 rings (SSSR count). The van der Waals surface area contributed by atoms with E-state index in [2.05, 4.69) is 5.32 Å². The maximum atomic E-state index is 13.4. The van der Waals surface area contributed by atoms with Crippen molar-refractivity contribution in [3.63, 3.8) is 0 Å². The first kappa shape index (κ1) is 14.8. The third-order valence-electron chi connectivity index (χ3n) is 2.65. The lowest BCUT2D eigenvalue weighted by Crippen LogP contribution is -2.13. The SMILES string of the molecule is O=C(Nc1ccc(CO)cc1)c1cc(F)c(Cl)cc1Cl. The van der Waals surface area contributed by atoms with Crippen LogP contribution in [0.1, 0.15) is 15.9 Å². The van der Waals surface area contributed by atoms with Gasteiger partial charge in [-0.25, -0.2) is 4.39 Å². The first-order valence-electron chi connectivity index (χ1n) is 5.67. The second-order valence-electron chi connectivity index (χ2n) is 4.06. The molecular weight excluding hydrogens is 304 g/mol. The lowest BCUT2D eigenvalue weighted by Gasteiger charge is -2.08. The number of hydrogen-bond acceptors (Lipinski definition) is 2. The molecule has 2 N–H and O–H groups in total. The first-order valence-corrected chi connectivity index (χ1v) is 6.42. The van der Waals surface area contributed by atoms with Crippen LogP contribution in [0.2, 0.25) is 10.0 Å². The fourth-order valence-electron chi connectivity index (χ4n) is 1.59. The molecule has 0 heterocycles. The zero-order valence-electron chi connectivity index (χ0n) is 10.2. The molecule has 0 aliphatic heterocycles. The minimum absolute atomic E-state index is 0.000184. The van der Waals surface area contributed by atoms with E-state index in [0.717, 1.165) is 11.6 Å². The summed E-state index contributed by atoms with van der Waals surface area (Å²) in [7, 11) is 0. The van der Waals surface area contributed by atoms with E-state index in [0.29, 0.717) is 5.69 Å². The Balaban J connectivity index is 2.21. The van der Waals surface area contributed by atoms with Gasteiger partial charge in [-0.15, -0.1) is 0 Å². The second kappa shape index (κ2) is 6.22. The summed E-state index contributed by atoms with van der Waals surface area (Å²) in [6.07, 6.45) is 0. The molecule has 0 saturated carbocycles. The number of halogens is 3. The smallest absolute Gasteiger partial charge is 0.257 e. The number of aliphatic hydroxyl groups excluding tert-OH is 1. The van der Waals surface area contributed by atoms with Crippen LogP contribution in [0, 0.1) is 5.82 Å². The van der Waals surface area contributed by atoms with E-state index >= 15 is 0 Å². The Morgan fingerprint density at radius 3 is 2.40 bits per heavy atom. The molecule has 0 unspecified atom stereocenters. The minimum atomic E-state index is -0.711. The Morgan fingerprint density at radius 2 is 1.80 bits per heavy atom. The molecule has 0 fully saturated rings. The van der Waals surface area contributed by atoms with E-state index in [1.54, 1.807) is 24.3 Å². The van der Waals surface area contributed by atoms with E-state index in [4.69, 9.17) is 28.3 Å². The van der Waals surface area contributed by atoms with Crippen molar-refractivity contribution >= 4 is 34.8 Å². The molecule has 2 aromatic rings. The van der Waals surface area contributed by atoms with Crippen LogP contribution >= 0.6 is 23.2 Å². The number of benzene rings is 2. The summed E-state index contributed by atoms with van der Waals surface area (Å²) in [4.78, 5) is 12.0. The van der Waals surface area contributed by atoms with Crippen molar-refractivity contribution < 1.29 is 14.3 Å². The van der Waals surface area contributed by atoms with Crippen LogP contribution in [-0.4, -0.2) is 11.0 Å². The second-order valence-corrected chi connectivity index (χ2v) is 4.87. The molecule has 0 aromatic heterocycles. The Labute approximate surface area is 124 Å². The van der Waals surface area contributed by atoms with Gasteiger partial charge in [0.15, 0.2) is 0 Å². The topological polar surface area (TPSA) is 49.3 Å². The molecule has 104 valence electrons. The molecule has 0 aliphatic carbocycles. The molecule has 0 atom stereocenters. The maximum Gasteiger partial charge on any atom is 0.257 e. The zero-order valence-corrected chi connectivity index (χ0v) is 11.7. The fraction of sp³-hybridized carbons (Fsp3) is 0.0714. The quantitative estimate of drug-likeness (QED) is 0.845. The van der Waals surface area contributed by atoms with E-state index in [9.17, 15) is 9.18 Å². The molecule has 0 spiro atoms. The van der Waals surface area contributed by atoms with Gasteiger partial charge in [0.1, 0.15) is 5.82 Å². The lowest BCUT2D eigenvalue weighted by molar-refractivity contribution is 0.102. The number of rotatable bonds is 3. The fourth-order valence-corrected chi connectivity index (χ4v) is 2.06. The number of hydrogen-bond donors (Lipinski definition) is 2. The Morgan fingerprint density at radius 1 is 1.15 bits per heavy atom. The van der Waals surface area contributed by atoms with Crippen molar-refractivity contribution in [2.75, 3.05) is 5.32 Å². The van der Waals surface area contributed by atoms with Crippen LogP contribution in [0.5, 0.6) is 0 Å². The Bertz CT molecular complexity index is 644. The van der Waals surface area contributed by atoms with Gasteiger partial charge in [0.2, 0.25) is 0 Å². The van der Waals surface area contributed by atoms with E-state index in [-0.39, 0.29) is 22.2 Å². The van der Waals surface area contributed by atoms with Crippen LogP contribution in [0.25, 0.3) is 0 Å². The van der Waals surface area contributed by atoms with E-state index < -0.39 is 11.7 Å².